The number of benzene rings is 1. The van der Waals surface area contributed by atoms with Crippen LogP contribution in [0.5, 0.6) is 0 Å². The predicted molar refractivity (Wildman–Crippen MR) is 97.2 cm³/mol. The molecule has 2 fully saturated rings. The normalized spacial score (nSPS) is 19.5. The Morgan fingerprint density at radius 3 is 2.46 bits per heavy atom. The molecular weight excluding hydrogens is 296 g/mol. The third-order valence-corrected chi connectivity index (χ3v) is 5.48. The van der Waals surface area contributed by atoms with E-state index < -0.39 is 0 Å². The number of hydrogen-bond donors (Lipinski definition) is 0. The van der Waals surface area contributed by atoms with E-state index in [9.17, 15) is 4.79 Å². The molecule has 1 heterocycles. The minimum atomic E-state index is 0.169. The molecule has 1 saturated carbocycles. The highest BCUT2D eigenvalue weighted by Crippen LogP contribution is 2.29. The van der Waals surface area contributed by atoms with Gasteiger partial charge in [-0.3, -0.25) is 9.69 Å². The second kappa shape index (κ2) is 8.35. The molecule has 1 aliphatic heterocycles. The Morgan fingerprint density at radius 2 is 1.88 bits per heavy atom. The number of carbonyl (C=O) groups excluding carboxylic acids is 1. The van der Waals surface area contributed by atoms with Crippen LogP contribution in [-0.4, -0.2) is 41.9 Å². The van der Waals surface area contributed by atoms with Crippen LogP contribution >= 0.6 is 0 Å². The van der Waals surface area contributed by atoms with Crippen molar-refractivity contribution in [2.24, 2.45) is 11.8 Å². The van der Waals surface area contributed by atoms with E-state index in [0.29, 0.717) is 18.4 Å². The third-order valence-electron chi connectivity index (χ3n) is 5.48. The molecule has 24 heavy (non-hydrogen) atoms. The summed E-state index contributed by atoms with van der Waals surface area (Å²) in [6, 6.07) is 10.4. The Labute approximate surface area is 146 Å². The lowest BCUT2D eigenvalue weighted by Crippen LogP contribution is -2.44. The maximum absolute atomic E-state index is 13.1. The maximum Gasteiger partial charge on any atom is 0.226 e. The highest BCUT2D eigenvalue weighted by atomic mass is 16.2. The van der Waals surface area contributed by atoms with E-state index in [1.54, 1.807) is 0 Å². The van der Waals surface area contributed by atoms with Gasteiger partial charge in [0.1, 0.15) is 0 Å². The van der Waals surface area contributed by atoms with Gasteiger partial charge in [0.15, 0.2) is 0 Å². The first-order chi connectivity index (χ1) is 11.8. The van der Waals surface area contributed by atoms with Crippen LogP contribution in [0.1, 0.15) is 37.7 Å². The Morgan fingerprint density at radius 1 is 1.17 bits per heavy atom. The molecule has 0 atom stereocenters. The zero-order valence-electron chi connectivity index (χ0n) is 14.5. The van der Waals surface area contributed by atoms with Crippen molar-refractivity contribution in [2.45, 2.75) is 38.6 Å². The highest BCUT2D eigenvalue weighted by molar-refractivity contribution is 5.79. The standard InChI is InChI=1S/C21H28N2O/c1-2-13-22-14-11-20(12-15-22)21(24)23(17-19-9-6-10-19)16-18-7-4-3-5-8-18/h1,3-5,7-8,19-20H,6,9-17H2. The van der Waals surface area contributed by atoms with Crippen LogP contribution in [-0.2, 0) is 11.3 Å². The predicted octanol–water partition coefficient (Wildman–Crippen LogP) is 3.16. The van der Waals surface area contributed by atoms with Gasteiger partial charge in [0, 0.05) is 19.0 Å². The molecule has 0 N–H and O–H groups in total. The van der Waals surface area contributed by atoms with Gasteiger partial charge in [-0.25, -0.2) is 0 Å². The Hall–Kier alpha value is -1.79. The summed E-state index contributed by atoms with van der Waals surface area (Å²) in [5.74, 6) is 3.94. The summed E-state index contributed by atoms with van der Waals surface area (Å²) in [6.45, 7) is 4.28. The van der Waals surface area contributed by atoms with Gasteiger partial charge in [-0.05, 0) is 50.3 Å². The summed E-state index contributed by atoms with van der Waals surface area (Å²) in [5.41, 5.74) is 1.23. The quantitative estimate of drug-likeness (QED) is 0.751. The number of likely N-dealkylation sites (tertiary alicyclic amines) is 1. The number of nitrogens with zero attached hydrogens (tertiary/aromatic N) is 2. The molecular formula is C21H28N2O. The summed E-state index contributed by atoms with van der Waals surface area (Å²) in [6.07, 6.45) is 11.2. The van der Waals surface area contributed by atoms with E-state index in [0.717, 1.165) is 39.0 Å². The SMILES string of the molecule is C#CCN1CCC(C(=O)N(Cc2ccccc2)CC2CCC2)CC1. The first-order valence-electron chi connectivity index (χ1n) is 9.25. The van der Waals surface area contributed by atoms with Gasteiger partial charge in [0.25, 0.3) is 0 Å². The number of rotatable bonds is 6. The molecule has 3 rings (SSSR count). The third kappa shape index (κ3) is 4.39. The fourth-order valence-electron chi connectivity index (χ4n) is 3.75. The fraction of sp³-hybridized carbons (Fsp3) is 0.571. The summed E-state index contributed by atoms with van der Waals surface area (Å²) < 4.78 is 0. The second-order valence-corrected chi connectivity index (χ2v) is 7.26. The maximum atomic E-state index is 13.1. The number of piperidine rings is 1. The summed E-state index contributed by atoms with van der Waals surface area (Å²) in [5, 5.41) is 0. The summed E-state index contributed by atoms with van der Waals surface area (Å²) in [4.78, 5) is 17.5. The van der Waals surface area contributed by atoms with Gasteiger partial charge in [0.05, 0.1) is 6.54 Å². The van der Waals surface area contributed by atoms with E-state index in [4.69, 9.17) is 6.42 Å². The van der Waals surface area contributed by atoms with Gasteiger partial charge in [-0.15, -0.1) is 6.42 Å². The Kier molecular flexibility index (Phi) is 5.93. The molecule has 3 nitrogen and oxygen atoms in total. The van der Waals surface area contributed by atoms with Crippen molar-refractivity contribution in [3.8, 4) is 12.3 Å². The van der Waals surface area contributed by atoms with Crippen LogP contribution < -0.4 is 0 Å². The molecule has 1 aromatic rings. The van der Waals surface area contributed by atoms with Gasteiger partial charge in [-0.2, -0.15) is 0 Å². The molecule has 1 amide bonds. The van der Waals surface area contributed by atoms with E-state index in [1.807, 2.05) is 6.07 Å². The number of terminal acetylenes is 1. The molecule has 1 aromatic carbocycles. The largest absolute Gasteiger partial charge is 0.338 e. The average Bonchev–Trinajstić information content (AvgIpc) is 2.58. The van der Waals surface area contributed by atoms with Crippen molar-refractivity contribution >= 4 is 5.91 Å². The van der Waals surface area contributed by atoms with Crippen molar-refractivity contribution < 1.29 is 4.79 Å². The molecule has 0 bridgehead atoms. The molecule has 0 unspecified atom stereocenters. The van der Waals surface area contributed by atoms with E-state index in [2.05, 4.69) is 40.0 Å². The summed E-state index contributed by atoms with van der Waals surface area (Å²) >= 11 is 0. The van der Waals surface area contributed by atoms with Crippen molar-refractivity contribution in [3.05, 3.63) is 35.9 Å². The van der Waals surface area contributed by atoms with Crippen molar-refractivity contribution in [3.63, 3.8) is 0 Å². The molecule has 0 spiro atoms. The first-order valence-corrected chi connectivity index (χ1v) is 9.25. The molecule has 3 heteroatoms. The lowest BCUT2D eigenvalue weighted by Gasteiger charge is -2.37. The average molecular weight is 324 g/mol. The second-order valence-electron chi connectivity index (χ2n) is 7.26. The Bertz CT molecular complexity index is 565. The highest BCUT2D eigenvalue weighted by Gasteiger charge is 2.30. The topological polar surface area (TPSA) is 23.6 Å². The van der Waals surface area contributed by atoms with E-state index in [-0.39, 0.29) is 5.92 Å². The molecule has 128 valence electrons. The lowest BCUT2D eigenvalue weighted by atomic mass is 9.84. The first kappa shape index (κ1) is 17.0. The Balaban J connectivity index is 1.61. The van der Waals surface area contributed by atoms with Gasteiger partial charge in [-0.1, -0.05) is 42.7 Å². The minimum absolute atomic E-state index is 0.169. The zero-order valence-corrected chi connectivity index (χ0v) is 14.5. The fourth-order valence-corrected chi connectivity index (χ4v) is 3.75. The molecule has 0 radical (unpaired) electrons. The number of carbonyl (C=O) groups is 1. The molecule has 0 aromatic heterocycles. The van der Waals surface area contributed by atoms with Crippen LogP contribution in [0.25, 0.3) is 0 Å². The number of amides is 1. The number of hydrogen-bond acceptors (Lipinski definition) is 2. The van der Waals surface area contributed by atoms with Crippen molar-refractivity contribution in [2.75, 3.05) is 26.2 Å². The van der Waals surface area contributed by atoms with Crippen LogP contribution in [0.4, 0.5) is 0 Å². The lowest BCUT2D eigenvalue weighted by molar-refractivity contribution is -0.138. The van der Waals surface area contributed by atoms with Gasteiger partial charge < -0.3 is 4.90 Å². The zero-order chi connectivity index (χ0) is 16.8. The van der Waals surface area contributed by atoms with Crippen LogP contribution in [0, 0.1) is 24.2 Å². The van der Waals surface area contributed by atoms with Crippen LogP contribution in [0.15, 0.2) is 30.3 Å². The van der Waals surface area contributed by atoms with Crippen molar-refractivity contribution in [1.29, 1.82) is 0 Å². The van der Waals surface area contributed by atoms with Gasteiger partial charge in [0.2, 0.25) is 5.91 Å². The van der Waals surface area contributed by atoms with Crippen molar-refractivity contribution in [1.82, 2.24) is 9.80 Å². The molecule has 1 aliphatic carbocycles. The van der Waals surface area contributed by atoms with E-state index in [1.165, 1.54) is 24.8 Å². The minimum Gasteiger partial charge on any atom is -0.338 e. The van der Waals surface area contributed by atoms with Crippen LogP contribution in [0.2, 0.25) is 0 Å². The van der Waals surface area contributed by atoms with E-state index >= 15 is 0 Å². The smallest absolute Gasteiger partial charge is 0.226 e. The molecule has 2 aliphatic rings. The van der Waals surface area contributed by atoms with Crippen LogP contribution in [0.3, 0.4) is 0 Å². The monoisotopic (exact) mass is 324 g/mol. The summed E-state index contributed by atoms with van der Waals surface area (Å²) in [7, 11) is 0. The molecule has 1 saturated heterocycles. The van der Waals surface area contributed by atoms with Gasteiger partial charge >= 0.3 is 0 Å².